The van der Waals surface area contributed by atoms with E-state index in [1.54, 1.807) is 72.0 Å². The molecule has 4 rings (SSSR count). The maximum Gasteiger partial charge on any atom is 0.291 e. The number of carbonyl (C=O) groups excluding carboxylic acids is 2. The highest BCUT2D eigenvalue weighted by Gasteiger charge is 2.10. The molecule has 0 aliphatic rings. The van der Waals surface area contributed by atoms with Crippen molar-refractivity contribution in [3.63, 3.8) is 0 Å². The average molecular weight is 433 g/mol. The van der Waals surface area contributed by atoms with Crippen LogP contribution >= 0.6 is 11.3 Å². The molecular weight excluding hydrogens is 414 g/mol. The third-order valence-electron chi connectivity index (χ3n) is 4.30. The van der Waals surface area contributed by atoms with Gasteiger partial charge < -0.3 is 19.8 Å². The summed E-state index contributed by atoms with van der Waals surface area (Å²) in [6.07, 6.45) is 1.44. The van der Waals surface area contributed by atoms with Crippen LogP contribution in [0.3, 0.4) is 0 Å². The number of thiazole rings is 1. The van der Waals surface area contributed by atoms with Crippen LogP contribution in [0.15, 0.2) is 76.7 Å². The van der Waals surface area contributed by atoms with Crippen LogP contribution in [0, 0.1) is 6.92 Å². The van der Waals surface area contributed by atoms with Crippen LogP contribution in [-0.4, -0.2) is 16.8 Å². The van der Waals surface area contributed by atoms with Gasteiger partial charge in [-0.1, -0.05) is 6.07 Å². The highest BCUT2D eigenvalue weighted by molar-refractivity contribution is 7.09. The summed E-state index contributed by atoms with van der Waals surface area (Å²) in [4.78, 5) is 29.0. The number of carbonyl (C=O) groups is 2. The van der Waals surface area contributed by atoms with E-state index in [0.29, 0.717) is 29.3 Å². The Bertz CT molecular complexity index is 1180. The van der Waals surface area contributed by atoms with Crippen molar-refractivity contribution < 1.29 is 18.7 Å². The molecule has 4 aromatic rings. The Morgan fingerprint density at radius 3 is 2.39 bits per heavy atom. The standard InChI is InChI=1S/C23H19N3O4S/c1-15-24-19(14-31-15)13-30-20-5-2-4-16(12-20)22(27)25-17-7-9-18(10-8-17)26-23(28)21-6-3-11-29-21/h2-12,14H,13H2,1H3,(H,25,27)(H,26,28). The first-order valence-electron chi connectivity index (χ1n) is 9.47. The largest absolute Gasteiger partial charge is 0.487 e. The van der Waals surface area contributed by atoms with Gasteiger partial charge >= 0.3 is 0 Å². The quantitative estimate of drug-likeness (QED) is 0.422. The topological polar surface area (TPSA) is 93.5 Å². The summed E-state index contributed by atoms with van der Waals surface area (Å²) in [7, 11) is 0. The molecule has 0 saturated heterocycles. The lowest BCUT2D eigenvalue weighted by Crippen LogP contribution is -2.13. The zero-order valence-electron chi connectivity index (χ0n) is 16.6. The van der Waals surface area contributed by atoms with E-state index in [1.807, 2.05) is 12.3 Å². The number of aromatic nitrogens is 1. The molecule has 0 saturated carbocycles. The first-order chi connectivity index (χ1) is 15.1. The van der Waals surface area contributed by atoms with Gasteiger partial charge in [-0.15, -0.1) is 11.3 Å². The molecular formula is C23H19N3O4S. The molecule has 7 nitrogen and oxygen atoms in total. The van der Waals surface area contributed by atoms with Crippen LogP contribution in [0.4, 0.5) is 11.4 Å². The lowest BCUT2D eigenvalue weighted by molar-refractivity contribution is 0.0994. The van der Waals surface area contributed by atoms with Gasteiger partial charge in [0.2, 0.25) is 0 Å². The number of ether oxygens (including phenoxy) is 1. The zero-order chi connectivity index (χ0) is 21.6. The van der Waals surface area contributed by atoms with Gasteiger partial charge in [-0.2, -0.15) is 0 Å². The Balaban J connectivity index is 1.35. The van der Waals surface area contributed by atoms with Crippen LogP contribution in [0.25, 0.3) is 0 Å². The first kappa shape index (κ1) is 20.4. The molecule has 0 bridgehead atoms. The Morgan fingerprint density at radius 2 is 1.74 bits per heavy atom. The summed E-state index contributed by atoms with van der Waals surface area (Å²) in [6, 6.07) is 17.0. The van der Waals surface area contributed by atoms with Crippen molar-refractivity contribution >= 4 is 34.5 Å². The number of nitrogens with zero attached hydrogens (tertiary/aromatic N) is 1. The van der Waals surface area contributed by atoms with Crippen molar-refractivity contribution in [2.24, 2.45) is 0 Å². The Hall–Kier alpha value is -3.91. The van der Waals surface area contributed by atoms with E-state index in [-0.39, 0.29) is 17.6 Å². The SMILES string of the molecule is Cc1nc(COc2cccc(C(=O)Nc3ccc(NC(=O)c4ccco4)cc3)c2)cs1. The minimum absolute atomic E-state index is 0.226. The van der Waals surface area contributed by atoms with Gasteiger partial charge in [0.15, 0.2) is 5.76 Å². The monoisotopic (exact) mass is 433 g/mol. The number of benzene rings is 2. The average Bonchev–Trinajstić information content (AvgIpc) is 3.46. The van der Waals surface area contributed by atoms with Crippen LogP contribution in [0.1, 0.15) is 31.6 Å². The van der Waals surface area contributed by atoms with Crippen LogP contribution in [-0.2, 0) is 6.61 Å². The minimum atomic E-state index is -0.341. The molecule has 0 aliphatic carbocycles. The van der Waals surface area contributed by atoms with Gasteiger partial charge in [-0.05, 0) is 61.5 Å². The van der Waals surface area contributed by atoms with E-state index in [9.17, 15) is 9.59 Å². The van der Waals surface area contributed by atoms with E-state index >= 15 is 0 Å². The molecule has 0 atom stereocenters. The molecule has 0 fully saturated rings. The molecule has 2 aromatic heterocycles. The molecule has 2 aromatic carbocycles. The second kappa shape index (κ2) is 9.27. The predicted molar refractivity (Wildman–Crippen MR) is 119 cm³/mol. The van der Waals surface area contributed by atoms with Gasteiger partial charge in [0, 0.05) is 22.3 Å². The van der Waals surface area contributed by atoms with Crippen LogP contribution in [0.2, 0.25) is 0 Å². The van der Waals surface area contributed by atoms with Crippen molar-refractivity contribution in [2.75, 3.05) is 10.6 Å². The van der Waals surface area contributed by atoms with E-state index in [2.05, 4.69) is 15.6 Å². The number of nitrogens with one attached hydrogen (secondary N) is 2. The molecule has 31 heavy (non-hydrogen) atoms. The van der Waals surface area contributed by atoms with Crippen molar-refractivity contribution in [3.05, 3.63) is 94.3 Å². The molecule has 0 unspecified atom stereocenters. The van der Waals surface area contributed by atoms with Crippen LogP contribution in [0.5, 0.6) is 5.75 Å². The normalized spacial score (nSPS) is 10.5. The lowest BCUT2D eigenvalue weighted by Gasteiger charge is -2.09. The fourth-order valence-electron chi connectivity index (χ4n) is 2.80. The predicted octanol–water partition coefficient (Wildman–Crippen LogP) is 5.13. The number of hydrogen-bond donors (Lipinski definition) is 2. The molecule has 8 heteroatoms. The highest BCUT2D eigenvalue weighted by atomic mass is 32.1. The smallest absolute Gasteiger partial charge is 0.291 e. The molecule has 2 heterocycles. The fraction of sp³-hybridized carbons (Fsp3) is 0.0870. The summed E-state index contributed by atoms with van der Waals surface area (Å²) in [5, 5.41) is 8.50. The van der Waals surface area contributed by atoms with Crippen molar-refractivity contribution in [1.82, 2.24) is 4.98 Å². The van der Waals surface area contributed by atoms with Gasteiger partial charge in [0.1, 0.15) is 12.4 Å². The fourth-order valence-corrected chi connectivity index (χ4v) is 3.40. The van der Waals surface area contributed by atoms with Gasteiger partial charge in [-0.25, -0.2) is 4.98 Å². The molecule has 156 valence electrons. The maximum atomic E-state index is 12.6. The number of rotatable bonds is 7. The Labute approximate surface area is 182 Å². The number of amides is 2. The minimum Gasteiger partial charge on any atom is -0.487 e. The third kappa shape index (κ3) is 5.37. The molecule has 0 aliphatic heterocycles. The zero-order valence-corrected chi connectivity index (χ0v) is 17.4. The van der Waals surface area contributed by atoms with Gasteiger partial charge in [0.05, 0.1) is 17.0 Å². The van der Waals surface area contributed by atoms with Crippen molar-refractivity contribution in [3.8, 4) is 5.75 Å². The van der Waals surface area contributed by atoms with E-state index in [4.69, 9.17) is 9.15 Å². The molecule has 2 amide bonds. The summed E-state index contributed by atoms with van der Waals surface area (Å²) in [6.45, 7) is 2.29. The Morgan fingerprint density at radius 1 is 1.00 bits per heavy atom. The van der Waals surface area contributed by atoms with E-state index in [0.717, 1.165) is 10.7 Å². The molecule has 0 radical (unpaired) electrons. The second-order valence-corrected chi connectivity index (χ2v) is 7.70. The van der Waals surface area contributed by atoms with Crippen molar-refractivity contribution in [1.29, 1.82) is 0 Å². The van der Waals surface area contributed by atoms with E-state index < -0.39 is 0 Å². The lowest BCUT2D eigenvalue weighted by atomic mass is 10.2. The summed E-state index contributed by atoms with van der Waals surface area (Å²) >= 11 is 1.57. The molecule has 0 spiro atoms. The van der Waals surface area contributed by atoms with Gasteiger partial charge in [0.25, 0.3) is 11.8 Å². The second-order valence-electron chi connectivity index (χ2n) is 6.64. The third-order valence-corrected chi connectivity index (χ3v) is 5.12. The van der Waals surface area contributed by atoms with Gasteiger partial charge in [-0.3, -0.25) is 9.59 Å². The van der Waals surface area contributed by atoms with E-state index in [1.165, 1.54) is 6.26 Å². The number of furan rings is 1. The molecule has 2 N–H and O–H groups in total. The maximum absolute atomic E-state index is 12.6. The van der Waals surface area contributed by atoms with Crippen molar-refractivity contribution in [2.45, 2.75) is 13.5 Å². The summed E-state index contributed by atoms with van der Waals surface area (Å²) < 4.78 is 10.8. The number of hydrogen-bond acceptors (Lipinski definition) is 6. The first-order valence-corrected chi connectivity index (χ1v) is 10.3. The Kier molecular flexibility index (Phi) is 6.09. The summed E-state index contributed by atoms with van der Waals surface area (Å²) in [5.74, 6) is 0.215. The number of aryl methyl sites for hydroxylation is 1. The summed E-state index contributed by atoms with van der Waals surface area (Å²) in [5.41, 5.74) is 2.52. The van der Waals surface area contributed by atoms with Crippen LogP contribution < -0.4 is 15.4 Å². The number of anilines is 2. The highest BCUT2D eigenvalue weighted by Crippen LogP contribution is 2.19.